The number of alkyl halides is 3. The molecule has 4 aliphatic rings. The molecule has 1 unspecified atom stereocenters. The molecule has 17 heteroatoms. The number of rotatable bonds is 11. The number of hydrogen-bond acceptors (Lipinski definition) is 11. The largest absolute Gasteiger partial charge is 0.433 e. The first kappa shape index (κ1) is 43.4. The molecular weight excluding hydrogens is 824 g/mol. The second-order valence-electron chi connectivity index (χ2n) is 17.7. The minimum Gasteiger partial charge on any atom is -0.386 e. The van der Waals surface area contributed by atoms with Crippen LogP contribution in [0.1, 0.15) is 125 Å². The zero-order valence-corrected chi connectivity index (χ0v) is 35.7. The summed E-state index contributed by atoms with van der Waals surface area (Å²) in [5, 5.41) is 16.9. The van der Waals surface area contributed by atoms with Gasteiger partial charge in [0.05, 0.1) is 37.6 Å². The summed E-state index contributed by atoms with van der Waals surface area (Å²) in [6.07, 6.45) is 2.75. The van der Waals surface area contributed by atoms with Crippen molar-refractivity contribution in [1.82, 2.24) is 25.1 Å². The van der Waals surface area contributed by atoms with Crippen molar-refractivity contribution in [3.63, 3.8) is 0 Å². The summed E-state index contributed by atoms with van der Waals surface area (Å²) in [4.78, 5) is 78.3. The molecule has 3 aliphatic heterocycles. The second-order valence-corrected chi connectivity index (χ2v) is 18.7. The van der Waals surface area contributed by atoms with E-state index in [-0.39, 0.29) is 35.7 Å². The van der Waals surface area contributed by atoms with Crippen molar-refractivity contribution in [2.45, 2.75) is 95.4 Å². The number of pyridine rings is 1. The average Bonchev–Trinajstić information content (AvgIpc) is 3.77. The summed E-state index contributed by atoms with van der Waals surface area (Å²) in [6, 6.07) is 10.9. The lowest BCUT2D eigenvalue weighted by Crippen LogP contribution is -2.54. The van der Waals surface area contributed by atoms with Crippen LogP contribution in [0.4, 0.5) is 24.5 Å². The van der Waals surface area contributed by atoms with Crippen LogP contribution in [0.3, 0.4) is 0 Å². The number of anilines is 2. The first-order valence-electron chi connectivity index (χ1n) is 21.3. The molecule has 2 saturated heterocycles. The Kier molecular flexibility index (Phi) is 12.0. The van der Waals surface area contributed by atoms with Crippen LogP contribution in [0.2, 0.25) is 0 Å². The van der Waals surface area contributed by atoms with E-state index in [0.29, 0.717) is 40.7 Å². The van der Waals surface area contributed by atoms with Crippen LogP contribution < -0.4 is 15.5 Å². The Bertz CT molecular complexity index is 2420. The van der Waals surface area contributed by atoms with Crippen LogP contribution in [0.15, 0.2) is 48.5 Å². The van der Waals surface area contributed by atoms with Gasteiger partial charge in [0.25, 0.3) is 17.7 Å². The molecule has 3 fully saturated rings. The Labute approximate surface area is 361 Å². The highest BCUT2D eigenvalue weighted by Gasteiger charge is 2.46. The van der Waals surface area contributed by atoms with Gasteiger partial charge in [0.15, 0.2) is 0 Å². The third kappa shape index (κ3) is 8.97. The van der Waals surface area contributed by atoms with Gasteiger partial charge in [-0.05, 0) is 127 Å². The van der Waals surface area contributed by atoms with Crippen LogP contribution >= 0.6 is 11.3 Å². The summed E-state index contributed by atoms with van der Waals surface area (Å²) in [6.45, 7) is 6.96. The molecule has 1 aliphatic carbocycles. The van der Waals surface area contributed by atoms with E-state index in [0.717, 1.165) is 91.3 Å². The van der Waals surface area contributed by atoms with Gasteiger partial charge in [-0.3, -0.25) is 34.2 Å². The molecule has 3 N–H and O–H groups in total. The van der Waals surface area contributed by atoms with Crippen molar-refractivity contribution in [3.05, 3.63) is 81.6 Å². The van der Waals surface area contributed by atoms with Crippen molar-refractivity contribution in [3.8, 4) is 0 Å². The van der Waals surface area contributed by atoms with Crippen molar-refractivity contribution in [2.75, 3.05) is 43.4 Å². The Morgan fingerprint density at radius 3 is 2.35 bits per heavy atom. The Morgan fingerprint density at radius 1 is 0.935 bits per heavy atom. The van der Waals surface area contributed by atoms with E-state index in [1.165, 1.54) is 17.4 Å². The number of hydrogen-bond donors (Lipinski definition) is 3. The minimum absolute atomic E-state index is 0.0725. The molecular formula is C45H50F3N7O6S. The molecule has 2 aromatic carbocycles. The molecule has 0 radical (unpaired) electrons. The molecule has 5 amide bonds. The number of piperidine rings is 2. The van der Waals surface area contributed by atoms with E-state index in [1.54, 1.807) is 38.1 Å². The van der Waals surface area contributed by atoms with Crippen molar-refractivity contribution in [1.29, 1.82) is 0 Å². The highest BCUT2D eigenvalue weighted by atomic mass is 32.1. The maximum atomic E-state index is 13.6. The fourth-order valence-electron chi connectivity index (χ4n) is 9.41. The minimum atomic E-state index is -4.69. The van der Waals surface area contributed by atoms with Crippen molar-refractivity contribution >= 4 is 62.5 Å². The second kappa shape index (κ2) is 17.1. The number of halogens is 3. The monoisotopic (exact) mass is 873 g/mol. The van der Waals surface area contributed by atoms with Gasteiger partial charge < -0.3 is 20.2 Å². The molecule has 1 saturated carbocycles. The molecule has 62 heavy (non-hydrogen) atoms. The summed E-state index contributed by atoms with van der Waals surface area (Å²) >= 11 is 1.54. The molecule has 5 heterocycles. The summed E-state index contributed by atoms with van der Waals surface area (Å²) < 4.78 is 40.6. The zero-order valence-electron chi connectivity index (χ0n) is 34.9. The number of amides is 5. The van der Waals surface area contributed by atoms with Gasteiger partial charge in [-0.2, -0.15) is 13.2 Å². The fourth-order valence-corrected chi connectivity index (χ4v) is 10.6. The third-order valence-electron chi connectivity index (χ3n) is 12.9. The summed E-state index contributed by atoms with van der Waals surface area (Å²) in [5.41, 5.74) is -0.280. The maximum Gasteiger partial charge on any atom is 0.433 e. The highest BCUT2D eigenvalue weighted by molar-refractivity contribution is 7.18. The van der Waals surface area contributed by atoms with E-state index >= 15 is 0 Å². The van der Waals surface area contributed by atoms with Crippen molar-refractivity contribution < 1.29 is 42.3 Å². The number of carbonyl (C=O) groups excluding carboxylic acids is 5. The van der Waals surface area contributed by atoms with Crippen LogP contribution in [0.25, 0.3) is 10.2 Å². The number of benzene rings is 2. The number of thiazole rings is 1. The van der Waals surface area contributed by atoms with Gasteiger partial charge in [0.1, 0.15) is 17.4 Å². The first-order chi connectivity index (χ1) is 29.4. The molecule has 1 atom stereocenters. The lowest BCUT2D eigenvalue weighted by Gasteiger charge is -2.37. The van der Waals surface area contributed by atoms with E-state index < -0.39 is 53.0 Å². The maximum absolute atomic E-state index is 13.6. The van der Waals surface area contributed by atoms with Gasteiger partial charge in [-0.15, -0.1) is 11.3 Å². The van der Waals surface area contributed by atoms with Gasteiger partial charge in [0.2, 0.25) is 11.8 Å². The SMILES string of the molecule is CN(CCC1CCN(CC2CCC(c3nc4cc(C(C)(C)O)c(NC(=O)c5cccc(C(F)(F)F)n5)cc4s3)CC2)CC1)c1cccc2c1C(=O)N(C1CCC(=O)NC1=O)C2=O. The van der Waals surface area contributed by atoms with E-state index in [4.69, 9.17) is 4.98 Å². The summed E-state index contributed by atoms with van der Waals surface area (Å²) in [7, 11) is 1.93. The molecule has 328 valence electrons. The number of nitrogens with zero attached hydrogens (tertiary/aromatic N) is 5. The fraction of sp³-hybridized carbons (Fsp3) is 0.489. The predicted octanol–water partition coefficient (Wildman–Crippen LogP) is 7.10. The van der Waals surface area contributed by atoms with Crippen molar-refractivity contribution in [2.24, 2.45) is 11.8 Å². The smallest absolute Gasteiger partial charge is 0.386 e. The average molecular weight is 874 g/mol. The lowest BCUT2D eigenvalue weighted by molar-refractivity contribution is -0.141. The van der Waals surface area contributed by atoms with E-state index in [9.17, 15) is 42.3 Å². The Hall–Kier alpha value is -5.26. The third-order valence-corrected chi connectivity index (χ3v) is 14.1. The van der Waals surface area contributed by atoms with Crippen LogP contribution in [0.5, 0.6) is 0 Å². The number of aliphatic hydroxyl groups is 1. The molecule has 0 spiro atoms. The Morgan fingerprint density at radius 2 is 1.66 bits per heavy atom. The normalized spacial score (nSPS) is 21.7. The number of imide groups is 2. The highest BCUT2D eigenvalue weighted by Crippen LogP contribution is 2.42. The van der Waals surface area contributed by atoms with Gasteiger partial charge >= 0.3 is 6.18 Å². The topological polar surface area (TPSA) is 165 Å². The number of fused-ring (bicyclic) bond motifs is 2. The number of carbonyl (C=O) groups is 5. The zero-order chi connectivity index (χ0) is 44.1. The molecule has 2 aromatic heterocycles. The van der Waals surface area contributed by atoms with Gasteiger partial charge in [-0.1, -0.05) is 12.1 Å². The van der Waals surface area contributed by atoms with Gasteiger partial charge in [-0.25, -0.2) is 9.97 Å². The molecule has 4 aromatic rings. The van der Waals surface area contributed by atoms with Crippen LogP contribution in [-0.2, 0) is 21.4 Å². The molecule has 13 nitrogen and oxygen atoms in total. The van der Waals surface area contributed by atoms with Gasteiger partial charge in [0, 0.05) is 43.7 Å². The summed E-state index contributed by atoms with van der Waals surface area (Å²) in [5.74, 6) is -1.46. The number of likely N-dealkylation sites (tertiary alicyclic amines) is 1. The number of aromatic nitrogens is 2. The van der Waals surface area contributed by atoms with Crippen LogP contribution in [-0.4, -0.2) is 93.7 Å². The quantitative estimate of drug-likeness (QED) is 0.132. The lowest BCUT2D eigenvalue weighted by atomic mass is 9.81. The van der Waals surface area contributed by atoms with E-state index in [2.05, 4.69) is 20.5 Å². The van der Waals surface area contributed by atoms with Crippen LogP contribution in [0, 0.1) is 11.8 Å². The molecule has 0 bridgehead atoms. The number of nitrogens with one attached hydrogen (secondary N) is 2. The predicted molar refractivity (Wildman–Crippen MR) is 227 cm³/mol. The standard InChI is InChI=1S/C45H50F3N7O6S/c1-44(2,61)29-22-32-35(23-31(29)50-39(57)30-7-5-9-36(49-30)45(46,47)48)62-41(51-32)27-12-10-26(11-13-27)24-54-20-17-25(18-21-54)16-19-53(3)33-8-4-6-28-38(33)43(60)55(42(28)59)34-14-15-37(56)52-40(34)58/h4-9,22-23,25-27,34,61H,10-21,24H2,1-3H3,(H,50,57)(H,52,56,58). The molecule has 8 rings (SSSR count). The first-order valence-corrected chi connectivity index (χ1v) is 22.1. The van der Waals surface area contributed by atoms with E-state index in [1.807, 2.05) is 18.0 Å². The Balaban J connectivity index is 0.822.